The first kappa shape index (κ1) is 12.2. The fraction of sp³-hybridized carbons (Fsp3) is 0.333. The maximum atomic E-state index is 12.1. The molecule has 0 spiro atoms. The van der Waals surface area contributed by atoms with Gasteiger partial charge in [0.1, 0.15) is 5.56 Å². The number of Topliss-reactive ketones (excluding diaryl/α,β-unsaturated/α-hetero) is 1. The summed E-state index contributed by atoms with van der Waals surface area (Å²) in [4.78, 5) is 35.1. The van der Waals surface area contributed by atoms with Gasteiger partial charge in [-0.3, -0.25) is 19.7 Å². The second-order valence-corrected chi connectivity index (χ2v) is 4.14. The van der Waals surface area contributed by atoms with Crippen molar-refractivity contribution in [3.8, 4) is 0 Å². The first-order valence-electron chi connectivity index (χ1n) is 5.64. The van der Waals surface area contributed by atoms with Gasteiger partial charge in [-0.25, -0.2) is 0 Å². The number of nitrogens with zero attached hydrogens (tertiary/aromatic N) is 2. The zero-order valence-electron chi connectivity index (χ0n) is 9.67. The highest BCUT2D eigenvalue weighted by Crippen LogP contribution is 2.20. The summed E-state index contributed by atoms with van der Waals surface area (Å²) >= 11 is 0. The topological polar surface area (TPSA) is 80.5 Å². The van der Waals surface area contributed by atoms with E-state index in [1.165, 1.54) is 23.1 Å². The van der Waals surface area contributed by atoms with Crippen molar-refractivity contribution >= 4 is 17.4 Å². The molecule has 0 aliphatic carbocycles. The number of likely N-dealkylation sites (tertiary alicyclic amines) is 1. The van der Waals surface area contributed by atoms with E-state index in [0.717, 1.165) is 0 Å². The molecular weight excluding hydrogens is 236 g/mol. The Balaban J connectivity index is 2.28. The van der Waals surface area contributed by atoms with E-state index < -0.39 is 10.8 Å². The fourth-order valence-corrected chi connectivity index (χ4v) is 2.00. The Morgan fingerprint density at radius 3 is 2.72 bits per heavy atom. The van der Waals surface area contributed by atoms with Crippen molar-refractivity contribution in [3.63, 3.8) is 0 Å². The van der Waals surface area contributed by atoms with Crippen LogP contribution in [0.2, 0.25) is 0 Å². The third-order valence-corrected chi connectivity index (χ3v) is 2.87. The van der Waals surface area contributed by atoms with Crippen molar-refractivity contribution in [1.82, 2.24) is 4.90 Å². The van der Waals surface area contributed by atoms with E-state index in [1.807, 2.05) is 0 Å². The number of piperidine rings is 1. The normalized spacial score (nSPS) is 15.6. The van der Waals surface area contributed by atoms with Crippen molar-refractivity contribution in [2.24, 2.45) is 0 Å². The molecule has 1 aliphatic rings. The number of nitro benzene ring substituents is 1. The molecule has 1 aromatic rings. The largest absolute Gasteiger partial charge is 0.331 e. The average molecular weight is 248 g/mol. The molecule has 1 fully saturated rings. The van der Waals surface area contributed by atoms with Crippen LogP contribution in [0.4, 0.5) is 5.69 Å². The van der Waals surface area contributed by atoms with Crippen molar-refractivity contribution in [2.75, 3.05) is 13.1 Å². The van der Waals surface area contributed by atoms with E-state index >= 15 is 0 Å². The number of amides is 1. The van der Waals surface area contributed by atoms with Crippen molar-refractivity contribution in [2.45, 2.75) is 12.8 Å². The van der Waals surface area contributed by atoms with Gasteiger partial charge in [0.05, 0.1) is 11.5 Å². The monoisotopic (exact) mass is 248 g/mol. The van der Waals surface area contributed by atoms with Crippen LogP contribution >= 0.6 is 0 Å². The van der Waals surface area contributed by atoms with Crippen LogP contribution in [0.3, 0.4) is 0 Å². The minimum Gasteiger partial charge on any atom is -0.331 e. The van der Waals surface area contributed by atoms with E-state index in [-0.39, 0.29) is 23.6 Å². The number of hydrogen-bond donors (Lipinski definition) is 0. The predicted octanol–water partition coefficient (Wildman–Crippen LogP) is 1.40. The number of benzene rings is 1. The number of ketones is 1. The summed E-state index contributed by atoms with van der Waals surface area (Å²) in [6.45, 7) is 0.515. The van der Waals surface area contributed by atoms with Gasteiger partial charge in [0.2, 0.25) is 0 Å². The molecule has 0 saturated carbocycles. The van der Waals surface area contributed by atoms with E-state index in [1.54, 1.807) is 6.07 Å². The number of carbonyl (C=O) groups excluding carboxylic acids is 2. The minimum atomic E-state index is -0.584. The second-order valence-electron chi connectivity index (χ2n) is 4.14. The Bertz CT molecular complexity index is 513. The molecule has 0 aromatic heterocycles. The summed E-state index contributed by atoms with van der Waals surface area (Å²) in [5.41, 5.74) is -0.183. The van der Waals surface area contributed by atoms with Crippen molar-refractivity contribution in [3.05, 3.63) is 39.9 Å². The van der Waals surface area contributed by atoms with Crippen LogP contribution in [0.1, 0.15) is 23.2 Å². The molecule has 1 aliphatic heterocycles. The van der Waals surface area contributed by atoms with Gasteiger partial charge < -0.3 is 4.90 Å². The number of nitro groups is 1. The van der Waals surface area contributed by atoms with Crippen LogP contribution in [0.15, 0.2) is 24.3 Å². The number of carbonyl (C=O) groups is 2. The molecule has 2 rings (SSSR count). The number of hydrogen-bond acceptors (Lipinski definition) is 4. The highest BCUT2D eigenvalue weighted by atomic mass is 16.6. The molecule has 1 amide bonds. The lowest BCUT2D eigenvalue weighted by Crippen LogP contribution is -2.40. The Kier molecular flexibility index (Phi) is 3.36. The summed E-state index contributed by atoms with van der Waals surface area (Å²) in [5.74, 6) is -0.455. The summed E-state index contributed by atoms with van der Waals surface area (Å²) in [6, 6.07) is 5.79. The van der Waals surface area contributed by atoms with Gasteiger partial charge in [0.15, 0.2) is 5.78 Å². The maximum absolute atomic E-state index is 12.1. The first-order chi connectivity index (χ1) is 8.59. The molecular formula is C12H12N2O4. The Hall–Kier alpha value is -2.24. The molecule has 1 heterocycles. The van der Waals surface area contributed by atoms with Gasteiger partial charge in [-0.15, -0.1) is 0 Å². The predicted molar refractivity (Wildman–Crippen MR) is 63.2 cm³/mol. The van der Waals surface area contributed by atoms with Gasteiger partial charge >= 0.3 is 0 Å². The summed E-state index contributed by atoms with van der Waals surface area (Å²) in [6.07, 6.45) is 1.09. The SMILES string of the molecule is O=C1CCCN(C(=O)c2ccccc2[N+](=O)[O-])C1. The fourth-order valence-electron chi connectivity index (χ4n) is 2.00. The van der Waals surface area contributed by atoms with Crippen LogP contribution < -0.4 is 0 Å². The Morgan fingerprint density at radius 1 is 1.33 bits per heavy atom. The third kappa shape index (κ3) is 2.37. The van der Waals surface area contributed by atoms with E-state index in [2.05, 4.69) is 0 Å². The molecule has 0 atom stereocenters. The first-order valence-corrected chi connectivity index (χ1v) is 5.64. The highest BCUT2D eigenvalue weighted by Gasteiger charge is 2.27. The van der Waals surface area contributed by atoms with Crippen LogP contribution in [0.25, 0.3) is 0 Å². The van der Waals surface area contributed by atoms with Crippen LogP contribution in [-0.2, 0) is 4.79 Å². The van der Waals surface area contributed by atoms with E-state index in [0.29, 0.717) is 19.4 Å². The Morgan fingerprint density at radius 2 is 2.06 bits per heavy atom. The molecule has 1 aromatic carbocycles. The second kappa shape index (κ2) is 4.95. The van der Waals surface area contributed by atoms with Gasteiger partial charge in [-0.1, -0.05) is 12.1 Å². The van der Waals surface area contributed by atoms with Crippen molar-refractivity contribution < 1.29 is 14.5 Å². The zero-order chi connectivity index (χ0) is 13.1. The van der Waals surface area contributed by atoms with Crippen molar-refractivity contribution in [1.29, 1.82) is 0 Å². The highest BCUT2D eigenvalue weighted by molar-refractivity contribution is 6.00. The van der Waals surface area contributed by atoms with Gasteiger partial charge in [0, 0.05) is 19.0 Å². The minimum absolute atomic E-state index is 0.00631. The smallest absolute Gasteiger partial charge is 0.282 e. The third-order valence-electron chi connectivity index (χ3n) is 2.87. The van der Waals surface area contributed by atoms with Gasteiger partial charge in [0.25, 0.3) is 11.6 Å². The molecule has 6 heteroatoms. The van der Waals surface area contributed by atoms with E-state index in [9.17, 15) is 19.7 Å². The molecule has 18 heavy (non-hydrogen) atoms. The molecule has 0 bridgehead atoms. The summed E-state index contributed by atoms with van der Waals surface area (Å²) < 4.78 is 0. The lowest BCUT2D eigenvalue weighted by molar-refractivity contribution is -0.385. The average Bonchev–Trinajstić information content (AvgIpc) is 2.38. The maximum Gasteiger partial charge on any atom is 0.282 e. The Labute approximate surface area is 103 Å². The van der Waals surface area contributed by atoms with E-state index in [4.69, 9.17) is 0 Å². The van der Waals surface area contributed by atoms with Gasteiger partial charge in [-0.2, -0.15) is 0 Å². The number of para-hydroxylation sites is 1. The standard InChI is InChI=1S/C12H12N2O4/c15-9-4-3-7-13(8-9)12(16)10-5-1-2-6-11(10)14(17)18/h1-2,5-6H,3-4,7-8H2. The van der Waals surface area contributed by atoms with Crippen LogP contribution in [0, 0.1) is 10.1 Å². The lowest BCUT2D eigenvalue weighted by Gasteiger charge is -2.25. The molecule has 94 valence electrons. The van der Waals surface area contributed by atoms with Crippen LogP contribution in [-0.4, -0.2) is 34.6 Å². The van der Waals surface area contributed by atoms with Crippen LogP contribution in [0.5, 0.6) is 0 Å². The molecule has 6 nitrogen and oxygen atoms in total. The molecule has 0 unspecified atom stereocenters. The summed E-state index contributed by atoms with van der Waals surface area (Å²) in [5, 5.41) is 10.8. The summed E-state index contributed by atoms with van der Waals surface area (Å²) in [7, 11) is 0. The zero-order valence-corrected chi connectivity index (χ0v) is 9.67. The molecule has 1 saturated heterocycles. The number of rotatable bonds is 2. The molecule has 0 N–H and O–H groups in total. The lowest BCUT2D eigenvalue weighted by atomic mass is 10.1. The van der Waals surface area contributed by atoms with Gasteiger partial charge in [-0.05, 0) is 12.5 Å². The quantitative estimate of drug-likeness (QED) is 0.585. The molecule has 0 radical (unpaired) electrons.